The van der Waals surface area contributed by atoms with Crippen LogP contribution in [0.5, 0.6) is 0 Å². The number of hydrogen-bond donors (Lipinski definition) is 0. The van der Waals surface area contributed by atoms with Gasteiger partial charge in [-0.25, -0.2) is 4.98 Å². The minimum atomic E-state index is -0.881. The van der Waals surface area contributed by atoms with Gasteiger partial charge in [0.2, 0.25) is 0 Å². The molecule has 4 heteroatoms. The van der Waals surface area contributed by atoms with E-state index in [1.165, 1.54) is 16.1 Å². The Morgan fingerprint density at radius 3 is 2.15 bits per heavy atom. The van der Waals surface area contributed by atoms with E-state index in [0.29, 0.717) is 0 Å². The molecule has 0 N–H and O–H groups in total. The lowest BCUT2D eigenvalue weighted by Gasteiger charge is -2.28. The summed E-state index contributed by atoms with van der Waals surface area (Å²) in [7, 11) is -0.881. The van der Waals surface area contributed by atoms with Crippen molar-refractivity contribution in [3.63, 3.8) is 0 Å². The van der Waals surface area contributed by atoms with E-state index in [0.717, 1.165) is 30.7 Å². The molecule has 0 spiro atoms. The van der Waals surface area contributed by atoms with E-state index >= 15 is 0 Å². The van der Waals surface area contributed by atoms with Crippen molar-refractivity contribution in [2.24, 2.45) is 0 Å². The standard InChI is InChI=1S/C23H21N2OP/c1-3-10-18(11-4-1)27(19-12-5-2-6-13-19)26-22-16-9-17-25-21-15-8-7-14-20(21)24-23(22)25/h1-8,10-15,22H,9,16-17H2/t22-/m1/s1. The monoisotopic (exact) mass is 372 g/mol. The van der Waals surface area contributed by atoms with Crippen molar-refractivity contribution in [3.05, 3.63) is 90.8 Å². The molecule has 2 heterocycles. The summed E-state index contributed by atoms with van der Waals surface area (Å²) in [5.41, 5.74) is 2.27. The number of benzene rings is 3. The lowest BCUT2D eigenvalue weighted by molar-refractivity contribution is 0.184. The number of hydrogen-bond acceptors (Lipinski definition) is 2. The highest BCUT2D eigenvalue weighted by atomic mass is 31.1. The summed E-state index contributed by atoms with van der Waals surface area (Å²) in [5, 5.41) is 2.49. The molecule has 0 bridgehead atoms. The van der Waals surface area contributed by atoms with Crippen LogP contribution < -0.4 is 10.6 Å². The fraction of sp³-hybridized carbons (Fsp3) is 0.174. The van der Waals surface area contributed by atoms with E-state index in [9.17, 15) is 0 Å². The Kier molecular flexibility index (Phi) is 4.49. The van der Waals surface area contributed by atoms with Crippen LogP contribution in [0, 0.1) is 0 Å². The topological polar surface area (TPSA) is 27.1 Å². The van der Waals surface area contributed by atoms with Crippen LogP contribution in [0.25, 0.3) is 11.0 Å². The Bertz CT molecular complexity index is 1010. The highest BCUT2D eigenvalue weighted by molar-refractivity contribution is 7.68. The Hall–Kier alpha value is -2.48. The predicted molar refractivity (Wildman–Crippen MR) is 112 cm³/mol. The number of rotatable bonds is 4. The highest BCUT2D eigenvalue weighted by Crippen LogP contribution is 2.44. The molecular formula is C23H21N2OP. The van der Waals surface area contributed by atoms with Gasteiger partial charge in [0.25, 0.3) is 0 Å². The summed E-state index contributed by atoms with van der Waals surface area (Å²) in [6.07, 6.45) is 2.16. The molecule has 27 heavy (non-hydrogen) atoms. The second-order valence-corrected chi connectivity index (χ2v) is 8.64. The van der Waals surface area contributed by atoms with Gasteiger partial charge in [-0.1, -0.05) is 72.8 Å². The molecule has 0 aliphatic carbocycles. The molecule has 0 fully saturated rings. The molecule has 0 radical (unpaired) electrons. The van der Waals surface area contributed by atoms with Gasteiger partial charge >= 0.3 is 0 Å². The second-order valence-electron chi connectivity index (χ2n) is 6.81. The van der Waals surface area contributed by atoms with Crippen LogP contribution in [0.15, 0.2) is 84.9 Å². The third kappa shape index (κ3) is 3.18. The quantitative estimate of drug-likeness (QED) is 0.475. The first-order valence-corrected chi connectivity index (χ1v) is 10.7. The molecule has 3 aromatic carbocycles. The Morgan fingerprint density at radius 1 is 0.815 bits per heavy atom. The van der Waals surface area contributed by atoms with E-state index < -0.39 is 8.15 Å². The molecule has 4 aromatic rings. The van der Waals surface area contributed by atoms with Crippen LogP contribution in [-0.2, 0) is 11.1 Å². The largest absolute Gasteiger partial charge is 0.339 e. The van der Waals surface area contributed by atoms with E-state index in [2.05, 4.69) is 89.5 Å². The molecule has 0 unspecified atom stereocenters. The Labute approximate surface area is 160 Å². The fourth-order valence-electron chi connectivity index (χ4n) is 3.76. The zero-order valence-corrected chi connectivity index (χ0v) is 15.9. The van der Waals surface area contributed by atoms with Crippen LogP contribution in [-0.4, -0.2) is 9.55 Å². The summed E-state index contributed by atoms with van der Waals surface area (Å²) < 4.78 is 9.14. The van der Waals surface area contributed by atoms with Gasteiger partial charge in [-0.3, -0.25) is 0 Å². The van der Waals surface area contributed by atoms with Crippen molar-refractivity contribution in [2.45, 2.75) is 25.5 Å². The Morgan fingerprint density at radius 2 is 1.44 bits per heavy atom. The second kappa shape index (κ2) is 7.26. The highest BCUT2D eigenvalue weighted by Gasteiger charge is 2.29. The van der Waals surface area contributed by atoms with Crippen LogP contribution in [0.2, 0.25) is 0 Å². The minimum Gasteiger partial charge on any atom is -0.339 e. The van der Waals surface area contributed by atoms with E-state index in [-0.39, 0.29) is 6.10 Å². The molecule has 1 aromatic heterocycles. The number of para-hydroxylation sites is 2. The van der Waals surface area contributed by atoms with Crippen molar-refractivity contribution >= 4 is 29.8 Å². The van der Waals surface area contributed by atoms with Crippen molar-refractivity contribution in [2.75, 3.05) is 0 Å². The summed E-state index contributed by atoms with van der Waals surface area (Å²) in [4.78, 5) is 4.92. The third-order valence-corrected chi connectivity index (χ3v) is 7.03. The van der Waals surface area contributed by atoms with E-state index in [1.54, 1.807) is 0 Å². The minimum absolute atomic E-state index is 0.0256. The molecule has 5 rings (SSSR count). The summed E-state index contributed by atoms with van der Waals surface area (Å²) >= 11 is 0. The molecule has 0 saturated carbocycles. The molecule has 1 atom stereocenters. The number of nitrogens with zero attached hydrogens (tertiary/aromatic N) is 2. The smallest absolute Gasteiger partial charge is 0.139 e. The SMILES string of the molecule is c1ccc(P(O[C@@H]2CCCn3c2nc2ccccc23)c2ccccc2)cc1. The third-order valence-electron chi connectivity index (χ3n) is 5.03. The van der Waals surface area contributed by atoms with Gasteiger partial charge < -0.3 is 9.09 Å². The van der Waals surface area contributed by atoms with Gasteiger partial charge in [0, 0.05) is 17.2 Å². The van der Waals surface area contributed by atoms with Crippen molar-refractivity contribution in [3.8, 4) is 0 Å². The zero-order chi connectivity index (χ0) is 18.1. The van der Waals surface area contributed by atoms with Gasteiger partial charge in [0.05, 0.1) is 19.2 Å². The van der Waals surface area contributed by atoms with Crippen molar-refractivity contribution in [1.29, 1.82) is 0 Å². The molecular weight excluding hydrogens is 351 g/mol. The maximum absolute atomic E-state index is 6.80. The van der Waals surface area contributed by atoms with Crippen molar-refractivity contribution in [1.82, 2.24) is 9.55 Å². The van der Waals surface area contributed by atoms with Gasteiger partial charge in [-0.15, -0.1) is 0 Å². The number of aryl methyl sites for hydroxylation is 1. The maximum Gasteiger partial charge on any atom is 0.139 e. The van der Waals surface area contributed by atoms with Crippen molar-refractivity contribution < 1.29 is 4.52 Å². The predicted octanol–water partition coefficient (Wildman–Crippen LogP) is 4.94. The Balaban J connectivity index is 1.55. The molecule has 1 aliphatic heterocycles. The summed E-state index contributed by atoms with van der Waals surface area (Å²) in [5.74, 6) is 1.07. The first kappa shape index (κ1) is 16.7. The van der Waals surface area contributed by atoms with Crippen LogP contribution >= 0.6 is 8.15 Å². The first-order chi connectivity index (χ1) is 13.4. The average Bonchev–Trinajstić information content (AvgIpc) is 3.13. The number of imidazole rings is 1. The van der Waals surface area contributed by atoms with Crippen LogP contribution in [0.3, 0.4) is 0 Å². The maximum atomic E-state index is 6.80. The molecule has 0 amide bonds. The number of aromatic nitrogens is 2. The van der Waals surface area contributed by atoms with Gasteiger partial charge in [-0.2, -0.15) is 0 Å². The molecule has 134 valence electrons. The number of fused-ring (bicyclic) bond motifs is 3. The van der Waals surface area contributed by atoms with E-state index in [4.69, 9.17) is 9.51 Å². The average molecular weight is 372 g/mol. The molecule has 0 saturated heterocycles. The summed E-state index contributed by atoms with van der Waals surface area (Å²) in [6.45, 7) is 1.02. The lowest BCUT2D eigenvalue weighted by Crippen LogP contribution is -2.21. The van der Waals surface area contributed by atoms with E-state index in [1.807, 2.05) is 0 Å². The van der Waals surface area contributed by atoms with Crippen LogP contribution in [0.1, 0.15) is 24.8 Å². The molecule has 1 aliphatic rings. The normalized spacial score (nSPS) is 16.6. The summed E-state index contributed by atoms with van der Waals surface area (Å²) in [6, 6.07) is 29.6. The first-order valence-electron chi connectivity index (χ1n) is 9.42. The lowest BCUT2D eigenvalue weighted by atomic mass is 10.1. The fourth-order valence-corrected chi connectivity index (χ4v) is 5.65. The zero-order valence-electron chi connectivity index (χ0n) is 15.0. The van der Waals surface area contributed by atoms with Gasteiger partial charge in [0.15, 0.2) is 0 Å². The molecule has 3 nitrogen and oxygen atoms in total. The van der Waals surface area contributed by atoms with Gasteiger partial charge in [-0.05, 0) is 25.0 Å². The van der Waals surface area contributed by atoms with Crippen LogP contribution in [0.4, 0.5) is 0 Å². The van der Waals surface area contributed by atoms with Gasteiger partial charge in [0.1, 0.15) is 11.9 Å².